The summed E-state index contributed by atoms with van der Waals surface area (Å²) in [7, 11) is 0.576. The first-order valence-electron chi connectivity index (χ1n) is 6.39. The van der Waals surface area contributed by atoms with Crippen molar-refractivity contribution >= 4 is 15.7 Å². The van der Waals surface area contributed by atoms with Gasteiger partial charge in [-0.2, -0.15) is 0 Å². The molecule has 0 radical (unpaired) electrons. The Hall–Kier alpha value is -1.40. The number of hydrogen-bond donors (Lipinski definition) is 1. The van der Waals surface area contributed by atoms with Gasteiger partial charge in [-0.25, -0.2) is 8.42 Å². The van der Waals surface area contributed by atoms with E-state index in [1.54, 1.807) is 4.90 Å². The molecule has 1 unspecified atom stereocenters. The van der Waals surface area contributed by atoms with Crippen molar-refractivity contribution in [1.82, 2.24) is 10.2 Å². The number of nitrogens with one attached hydrogen (secondary N) is 1. The number of rotatable bonds is 6. The lowest BCUT2D eigenvalue weighted by Crippen LogP contribution is -2.38. The number of hydrogen-bond acceptors (Lipinski definition) is 4. The van der Waals surface area contributed by atoms with Crippen LogP contribution in [0, 0.1) is 6.92 Å². The molecule has 1 aromatic carbocycles. The summed E-state index contributed by atoms with van der Waals surface area (Å²) in [6.45, 7) is 2.12. The molecule has 1 N–H and O–H groups in total. The average Bonchev–Trinajstić information content (AvgIpc) is 2.30. The van der Waals surface area contributed by atoms with Crippen molar-refractivity contribution in [2.24, 2.45) is 0 Å². The third-order valence-corrected chi connectivity index (χ3v) is 3.88. The van der Waals surface area contributed by atoms with E-state index in [4.69, 9.17) is 0 Å². The first-order valence-corrected chi connectivity index (χ1v) is 8.45. The second-order valence-corrected chi connectivity index (χ2v) is 7.46. The van der Waals surface area contributed by atoms with Gasteiger partial charge in [-0.05, 0) is 26.6 Å². The van der Waals surface area contributed by atoms with Gasteiger partial charge in [0.2, 0.25) is 5.91 Å². The van der Waals surface area contributed by atoms with E-state index in [2.05, 4.69) is 5.32 Å². The zero-order valence-corrected chi connectivity index (χ0v) is 13.2. The fraction of sp³-hybridized carbons (Fsp3) is 0.500. The minimum absolute atomic E-state index is 0.0488. The second kappa shape index (κ2) is 6.85. The minimum Gasteiger partial charge on any atom is -0.353 e. The molecule has 0 aliphatic rings. The van der Waals surface area contributed by atoms with E-state index in [9.17, 15) is 13.2 Å². The molecule has 0 fully saturated rings. The normalized spacial score (nSPS) is 13.2. The Labute approximate surface area is 120 Å². The summed E-state index contributed by atoms with van der Waals surface area (Å²) in [4.78, 5) is 14.0. The van der Waals surface area contributed by atoms with Crippen molar-refractivity contribution < 1.29 is 13.2 Å². The fourth-order valence-corrected chi connectivity index (χ4v) is 2.36. The summed E-state index contributed by atoms with van der Waals surface area (Å²) in [5.74, 6) is -0.241. The number of benzene rings is 1. The highest BCUT2D eigenvalue weighted by molar-refractivity contribution is 7.90. The highest BCUT2D eigenvalue weighted by atomic mass is 32.2. The van der Waals surface area contributed by atoms with Gasteiger partial charge in [-0.3, -0.25) is 9.69 Å². The van der Waals surface area contributed by atoms with Crippen molar-refractivity contribution in [2.75, 3.05) is 32.6 Å². The summed E-state index contributed by atoms with van der Waals surface area (Å²) >= 11 is 0. The third kappa shape index (κ3) is 5.30. The maximum absolute atomic E-state index is 12.2. The van der Waals surface area contributed by atoms with Gasteiger partial charge in [0.05, 0.1) is 5.75 Å². The Morgan fingerprint density at radius 2 is 1.80 bits per heavy atom. The fourth-order valence-electron chi connectivity index (χ4n) is 1.89. The van der Waals surface area contributed by atoms with E-state index in [1.165, 1.54) is 0 Å². The van der Waals surface area contributed by atoms with Crippen LogP contribution in [0.4, 0.5) is 0 Å². The molecule has 0 saturated carbocycles. The molecule has 20 heavy (non-hydrogen) atoms. The summed E-state index contributed by atoms with van der Waals surface area (Å²) in [5.41, 5.74) is 2.01. The number of nitrogens with zero attached hydrogens (tertiary/aromatic N) is 1. The van der Waals surface area contributed by atoms with Crippen molar-refractivity contribution in [2.45, 2.75) is 13.0 Å². The number of carbonyl (C=O) groups excluding carboxylic acids is 1. The Morgan fingerprint density at radius 3 is 2.25 bits per heavy atom. The molecule has 0 bridgehead atoms. The molecule has 6 heteroatoms. The quantitative estimate of drug-likeness (QED) is 0.842. The van der Waals surface area contributed by atoms with Crippen LogP contribution >= 0.6 is 0 Å². The Bertz CT molecular complexity index is 550. The second-order valence-electron chi connectivity index (χ2n) is 5.20. The van der Waals surface area contributed by atoms with Gasteiger partial charge in [0.25, 0.3) is 0 Å². The number of sulfone groups is 1. The Morgan fingerprint density at radius 1 is 1.25 bits per heavy atom. The lowest BCUT2D eigenvalue weighted by atomic mass is 10.0. The number of amides is 1. The van der Waals surface area contributed by atoms with Crippen molar-refractivity contribution in [3.05, 3.63) is 35.4 Å². The van der Waals surface area contributed by atoms with E-state index >= 15 is 0 Å². The summed E-state index contributed by atoms with van der Waals surface area (Å²) in [6, 6.07) is 7.31. The van der Waals surface area contributed by atoms with Gasteiger partial charge < -0.3 is 5.32 Å². The molecule has 1 amide bonds. The minimum atomic E-state index is -3.06. The molecular weight excluding hydrogens is 276 g/mol. The van der Waals surface area contributed by atoms with Crippen LogP contribution in [0.15, 0.2) is 24.3 Å². The van der Waals surface area contributed by atoms with E-state index in [1.807, 2.05) is 45.3 Å². The molecule has 0 spiro atoms. The predicted octanol–water partition coefficient (Wildman–Crippen LogP) is 0.759. The zero-order chi connectivity index (χ0) is 15.3. The smallest absolute Gasteiger partial charge is 0.241 e. The van der Waals surface area contributed by atoms with Gasteiger partial charge in [-0.1, -0.05) is 29.8 Å². The molecule has 0 aromatic heterocycles. The zero-order valence-electron chi connectivity index (χ0n) is 12.4. The SMILES string of the molecule is Cc1ccc(C(C(=O)NCCS(C)(=O)=O)N(C)C)cc1. The van der Waals surface area contributed by atoms with Crippen molar-refractivity contribution in [1.29, 1.82) is 0 Å². The van der Waals surface area contributed by atoms with Gasteiger partial charge in [-0.15, -0.1) is 0 Å². The Balaban J connectivity index is 2.76. The van der Waals surface area contributed by atoms with Crippen LogP contribution in [0.25, 0.3) is 0 Å². The maximum Gasteiger partial charge on any atom is 0.241 e. The Kier molecular flexibility index (Phi) is 5.71. The first-order chi connectivity index (χ1) is 9.20. The lowest BCUT2D eigenvalue weighted by Gasteiger charge is -2.24. The number of aryl methyl sites for hydroxylation is 1. The molecule has 1 rings (SSSR count). The summed E-state index contributed by atoms with van der Waals surface area (Å²) in [5, 5.41) is 2.67. The van der Waals surface area contributed by atoms with Gasteiger partial charge in [0.1, 0.15) is 15.9 Å². The molecule has 5 nitrogen and oxygen atoms in total. The molecule has 0 aliphatic carbocycles. The maximum atomic E-state index is 12.2. The third-order valence-electron chi connectivity index (χ3n) is 2.93. The van der Waals surface area contributed by atoms with Gasteiger partial charge in [0, 0.05) is 12.8 Å². The lowest BCUT2D eigenvalue weighted by molar-refractivity contribution is -0.125. The van der Waals surface area contributed by atoms with Crippen LogP contribution < -0.4 is 5.32 Å². The van der Waals surface area contributed by atoms with Gasteiger partial charge in [0.15, 0.2) is 0 Å². The molecule has 0 heterocycles. The average molecular weight is 298 g/mol. The topological polar surface area (TPSA) is 66.5 Å². The largest absolute Gasteiger partial charge is 0.353 e. The van der Waals surface area contributed by atoms with Gasteiger partial charge >= 0.3 is 0 Å². The summed E-state index contributed by atoms with van der Waals surface area (Å²) < 4.78 is 22.1. The molecule has 1 atom stereocenters. The molecule has 0 saturated heterocycles. The van der Waals surface area contributed by atoms with E-state index in [0.29, 0.717) is 0 Å². The van der Waals surface area contributed by atoms with Crippen LogP contribution in [-0.4, -0.2) is 51.9 Å². The van der Waals surface area contributed by atoms with Crippen LogP contribution in [0.2, 0.25) is 0 Å². The van der Waals surface area contributed by atoms with E-state index in [-0.39, 0.29) is 18.2 Å². The van der Waals surface area contributed by atoms with Crippen LogP contribution in [0.3, 0.4) is 0 Å². The number of likely N-dealkylation sites (N-methyl/N-ethyl adjacent to an activating group) is 1. The summed E-state index contributed by atoms with van der Waals surface area (Å²) in [6.07, 6.45) is 1.16. The van der Waals surface area contributed by atoms with E-state index < -0.39 is 15.9 Å². The highest BCUT2D eigenvalue weighted by Crippen LogP contribution is 2.18. The predicted molar refractivity (Wildman–Crippen MR) is 80.3 cm³/mol. The molecule has 112 valence electrons. The van der Waals surface area contributed by atoms with Crippen LogP contribution in [-0.2, 0) is 14.6 Å². The van der Waals surface area contributed by atoms with Crippen LogP contribution in [0.1, 0.15) is 17.2 Å². The molecular formula is C14H22N2O3S. The molecule has 1 aromatic rings. The highest BCUT2D eigenvalue weighted by Gasteiger charge is 2.22. The van der Waals surface area contributed by atoms with Crippen LogP contribution in [0.5, 0.6) is 0 Å². The number of carbonyl (C=O) groups is 1. The first kappa shape index (κ1) is 16.7. The van der Waals surface area contributed by atoms with E-state index in [0.717, 1.165) is 17.4 Å². The monoisotopic (exact) mass is 298 g/mol. The standard InChI is InChI=1S/C14H22N2O3S/c1-11-5-7-12(8-6-11)13(16(2)3)14(17)15-9-10-20(4,18)19/h5-8,13H,9-10H2,1-4H3,(H,15,17). The van der Waals surface area contributed by atoms with Crippen molar-refractivity contribution in [3.63, 3.8) is 0 Å². The molecule has 0 aliphatic heterocycles. The van der Waals surface area contributed by atoms with Crippen molar-refractivity contribution in [3.8, 4) is 0 Å².